The van der Waals surface area contributed by atoms with Crippen LogP contribution in [0.4, 0.5) is 0 Å². The molecule has 1 aliphatic heterocycles. The van der Waals surface area contributed by atoms with E-state index < -0.39 is 22.0 Å². The van der Waals surface area contributed by atoms with Gasteiger partial charge in [0.15, 0.2) is 0 Å². The molecule has 1 saturated heterocycles. The Morgan fingerprint density at radius 1 is 0.931 bits per heavy atom. The zero-order valence-corrected chi connectivity index (χ0v) is 17.1. The molecule has 1 aromatic rings. The summed E-state index contributed by atoms with van der Waals surface area (Å²) in [6.45, 7) is 3.01. The van der Waals surface area contributed by atoms with Crippen molar-refractivity contribution in [3.63, 3.8) is 0 Å². The maximum absolute atomic E-state index is 12.6. The fourth-order valence-electron chi connectivity index (χ4n) is 2.47. The van der Waals surface area contributed by atoms with Crippen molar-refractivity contribution >= 4 is 27.9 Å². The third-order valence-electron chi connectivity index (χ3n) is 4.07. The zero-order valence-electron chi connectivity index (χ0n) is 16.3. The van der Waals surface area contributed by atoms with Gasteiger partial charge < -0.3 is 24.6 Å². The summed E-state index contributed by atoms with van der Waals surface area (Å²) in [4.78, 5) is 32.5. The van der Waals surface area contributed by atoms with E-state index in [1.54, 1.807) is 30.0 Å². The second-order valence-electron chi connectivity index (χ2n) is 5.80. The average Bonchev–Trinajstić information content (AvgIpc) is 2.73. The van der Waals surface area contributed by atoms with Crippen LogP contribution < -0.4 is 9.47 Å². The van der Waals surface area contributed by atoms with E-state index in [0.29, 0.717) is 43.2 Å². The standard InChI is InChI=1S/C15H22N2O5S.C2H2O4/c1-4-23(19,20)17-7-5-16(6-8-17)15(18)12-9-13(21-2)11-14(10-12)22-3;3-1(4)2(5)6/h9-11H,4-8H2,1-3H3;(H,3,4)(H,5,6). The number of amides is 1. The van der Waals surface area contributed by atoms with E-state index in [9.17, 15) is 13.2 Å². The SMILES string of the molecule is CCS(=O)(=O)N1CCN(C(=O)c2cc(OC)cc(OC)c2)CC1.O=C(O)C(=O)O. The summed E-state index contributed by atoms with van der Waals surface area (Å²) >= 11 is 0. The number of carboxylic acids is 2. The molecule has 1 amide bonds. The number of nitrogens with zero attached hydrogens (tertiary/aromatic N) is 2. The molecule has 0 saturated carbocycles. The van der Waals surface area contributed by atoms with Crippen molar-refractivity contribution in [3.05, 3.63) is 23.8 Å². The van der Waals surface area contributed by atoms with Crippen LogP contribution in [-0.4, -0.2) is 91.8 Å². The van der Waals surface area contributed by atoms with E-state index in [1.807, 2.05) is 0 Å². The quantitative estimate of drug-likeness (QED) is 0.611. The molecule has 162 valence electrons. The second-order valence-corrected chi connectivity index (χ2v) is 8.06. The summed E-state index contributed by atoms with van der Waals surface area (Å²) in [6.07, 6.45) is 0. The number of carboxylic acid groups (broad SMARTS) is 2. The van der Waals surface area contributed by atoms with Crippen molar-refractivity contribution in [2.45, 2.75) is 6.92 Å². The van der Waals surface area contributed by atoms with Crippen LogP contribution in [-0.2, 0) is 19.6 Å². The third kappa shape index (κ3) is 6.91. The molecule has 0 unspecified atom stereocenters. The Kier molecular flexibility index (Phi) is 8.85. The normalized spacial score (nSPS) is 14.4. The van der Waals surface area contributed by atoms with Gasteiger partial charge in [0, 0.05) is 37.8 Å². The lowest BCUT2D eigenvalue weighted by atomic mass is 10.1. The van der Waals surface area contributed by atoms with Gasteiger partial charge in [-0.05, 0) is 19.1 Å². The molecule has 29 heavy (non-hydrogen) atoms. The number of hydrogen-bond donors (Lipinski definition) is 2. The van der Waals surface area contributed by atoms with Gasteiger partial charge in [0.2, 0.25) is 10.0 Å². The first-order chi connectivity index (χ1) is 13.5. The maximum Gasteiger partial charge on any atom is 0.414 e. The summed E-state index contributed by atoms with van der Waals surface area (Å²) in [5, 5.41) is 14.8. The van der Waals surface area contributed by atoms with Crippen molar-refractivity contribution in [2.75, 3.05) is 46.2 Å². The fraction of sp³-hybridized carbons (Fsp3) is 0.471. The Morgan fingerprint density at radius 2 is 1.38 bits per heavy atom. The van der Waals surface area contributed by atoms with E-state index in [2.05, 4.69) is 0 Å². The molecular formula is C17H24N2O9S. The maximum atomic E-state index is 12.6. The van der Waals surface area contributed by atoms with E-state index in [4.69, 9.17) is 29.3 Å². The van der Waals surface area contributed by atoms with Crippen LogP contribution in [0.5, 0.6) is 11.5 Å². The Balaban J connectivity index is 0.000000612. The highest BCUT2D eigenvalue weighted by Crippen LogP contribution is 2.24. The number of carbonyl (C=O) groups excluding carboxylic acids is 1. The molecule has 11 nitrogen and oxygen atoms in total. The first kappa shape index (κ1) is 24.2. The summed E-state index contributed by atoms with van der Waals surface area (Å²) in [5.74, 6) is -2.64. The van der Waals surface area contributed by atoms with Crippen molar-refractivity contribution in [1.82, 2.24) is 9.21 Å². The highest BCUT2D eigenvalue weighted by Gasteiger charge is 2.28. The molecular weight excluding hydrogens is 408 g/mol. The fourth-order valence-corrected chi connectivity index (χ4v) is 3.55. The first-order valence-electron chi connectivity index (χ1n) is 8.52. The molecule has 0 radical (unpaired) electrons. The van der Waals surface area contributed by atoms with Crippen LogP contribution in [0.2, 0.25) is 0 Å². The van der Waals surface area contributed by atoms with Crippen molar-refractivity contribution in [2.24, 2.45) is 0 Å². The largest absolute Gasteiger partial charge is 0.497 e. The minimum absolute atomic E-state index is 0.0774. The number of sulfonamides is 1. The Morgan fingerprint density at radius 3 is 1.72 bits per heavy atom. The molecule has 0 aromatic heterocycles. The minimum atomic E-state index is -3.20. The average molecular weight is 432 g/mol. The molecule has 1 aromatic carbocycles. The molecule has 0 atom stereocenters. The predicted molar refractivity (Wildman–Crippen MR) is 102 cm³/mol. The van der Waals surface area contributed by atoms with Gasteiger partial charge in [-0.2, -0.15) is 4.31 Å². The first-order valence-corrected chi connectivity index (χ1v) is 10.1. The van der Waals surface area contributed by atoms with Crippen molar-refractivity contribution in [1.29, 1.82) is 0 Å². The monoisotopic (exact) mass is 432 g/mol. The lowest BCUT2D eigenvalue weighted by Gasteiger charge is -2.33. The van der Waals surface area contributed by atoms with Crippen LogP contribution in [0.3, 0.4) is 0 Å². The number of aliphatic carboxylic acids is 2. The summed E-state index contributed by atoms with van der Waals surface area (Å²) in [7, 11) is -0.151. The van der Waals surface area contributed by atoms with Crippen LogP contribution in [0.1, 0.15) is 17.3 Å². The van der Waals surface area contributed by atoms with E-state index in [1.165, 1.54) is 18.5 Å². The number of benzene rings is 1. The van der Waals surface area contributed by atoms with Gasteiger partial charge in [0.1, 0.15) is 11.5 Å². The van der Waals surface area contributed by atoms with Gasteiger partial charge in [-0.3, -0.25) is 4.79 Å². The van der Waals surface area contributed by atoms with Gasteiger partial charge in [0.05, 0.1) is 20.0 Å². The molecule has 0 bridgehead atoms. The van der Waals surface area contributed by atoms with Crippen LogP contribution >= 0.6 is 0 Å². The Hall–Kier alpha value is -2.86. The van der Waals surface area contributed by atoms with E-state index in [0.717, 1.165) is 0 Å². The highest BCUT2D eigenvalue weighted by atomic mass is 32.2. The number of ether oxygens (including phenoxy) is 2. The van der Waals surface area contributed by atoms with Gasteiger partial charge in [-0.25, -0.2) is 18.0 Å². The number of piperazine rings is 1. The molecule has 12 heteroatoms. The summed E-state index contributed by atoms with van der Waals surface area (Å²) < 4.78 is 35.5. The molecule has 0 spiro atoms. The lowest BCUT2D eigenvalue weighted by molar-refractivity contribution is -0.159. The third-order valence-corrected chi connectivity index (χ3v) is 5.95. The van der Waals surface area contributed by atoms with Gasteiger partial charge >= 0.3 is 11.9 Å². The number of carbonyl (C=O) groups is 3. The topological polar surface area (TPSA) is 151 Å². The number of rotatable bonds is 5. The smallest absolute Gasteiger partial charge is 0.414 e. The molecule has 2 N–H and O–H groups in total. The second kappa shape index (κ2) is 10.6. The number of hydrogen-bond acceptors (Lipinski definition) is 7. The zero-order chi connectivity index (χ0) is 22.2. The molecule has 2 rings (SSSR count). The van der Waals surface area contributed by atoms with Gasteiger partial charge in [-0.1, -0.05) is 0 Å². The molecule has 0 aliphatic carbocycles. The predicted octanol–water partition coefficient (Wildman–Crippen LogP) is -0.0331. The Labute approximate surface area is 168 Å². The highest BCUT2D eigenvalue weighted by molar-refractivity contribution is 7.89. The van der Waals surface area contributed by atoms with Gasteiger partial charge in [-0.15, -0.1) is 0 Å². The minimum Gasteiger partial charge on any atom is -0.497 e. The molecule has 1 fully saturated rings. The van der Waals surface area contributed by atoms with Crippen molar-refractivity contribution in [3.8, 4) is 11.5 Å². The lowest BCUT2D eigenvalue weighted by Crippen LogP contribution is -2.50. The van der Waals surface area contributed by atoms with Crippen LogP contribution in [0.25, 0.3) is 0 Å². The van der Waals surface area contributed by atoms with Crippen LogP contribution in [0.15, 0.2) is 18.2 Å². The summed E-state index contributed by atoms with van der Waals surface area (Å²) in [5.41, 5.74) is 0.466. The van der Waals surface area contributed by atoms with E-state index in [-0.39, 0.29) is 11.7 Å². The van der Waals surface area contributed by atoms with Crippen LogP contribution in [0, 0.1) is 0 Å². The molecule has 1 aliphatic rings. The molecule has 1 heterocycles. The summed E-state index contributed by atoms with van der Waals surface area (Å²) in [6, 6.07) is 5.00. The van der Waals surface area contributed by atoms with Gasteiger partial charge in [0.25, 0.3) is 5.91 Å². The van der Waals surface area contributed by atoms with Crippen molar-refractivity contribution < 1.29 is 42.5 Å². The van der Waals surface area contributed by atoms with E-state index >= 15 is 0 Å². The Bertz CT molecular complexity index is 812. The number of methoxy groups -OCH3 is 2.